The van der Waals surface area contributed by atoms with Crippen LogP contribution in [0.5, 0.6) is 5.75 Å². The molecule has 0 atom stereocenters. The number of benzene rings is 2. The average Bonchev–Trinajstić information content (AvgIpc) is 2.69. The van der Waals surface area contributed by atoms with Crippen molar-refractivity contribution in [2.75, 3.05) is 6.61 Å². The van der Waals surface area contributed by atoms with Gasteiger partial charge in [0.05, 0.1) is 28.4 Å². The molecule has 0 unspecified atom stereocenters. The number of rotatable bonds is 6. The molecule has 1 heterocycles. The lowest BCUT2D eigenvalue weighted by Crippen LogP contribution is -2.26. The van der Waals surface area contributed by atoms with Crippen LogP contribution in [0.15, 0.2) is 64.3 Å². The van der Waals surface area contributed by atoms with Crippen LogP contribution in [0.4, 0.5) is 0 Å². The Morgan fingerprint density at radius 1 is 1.07 bits per heavy atom. The van der Waals surface area contributed by atoms with Crippen LogP contribution in [-0.2, 0) is 14.9 Å². The van der Waals surface area contributed by atoms with E-state index in [0.717, 1.165) is 10.7 Å². The van der Waals surface area contributed by atoms with E-state index >= 15 is 0 Å². The summed E-state index contributed by atoms with van der Waals surface area (Å²) in [4.78, 5) is 24.7. The summed E-state index contributed by atoms with van der Waals surface area (Å²) >= 11 is 12.0. The Bertz CT molecular complexity index is 1270. The molecule has 0 saturated heterocycles. The molecule has 3 aromatic rings. The Morgan fingerprint density at radius 2 is 1.70 bits per heavy atom. The van der Waals surface area contributed by atoms with E-state index in [0.29, 0.717) is 0 Å². The minimum Gasteiger partial charge on any atom is -0.461 e. The van der Waals surface area contributed by atoms with Gasteiger partial charge in [-0.3, -0.25) is 4.79 Å². The summed E-state index contributed by atoms with van der Waals surface area (Å²) in [6.45, 7) is 1.55. The van der Waals surface area contributed by atoms with Crippen molar-refractivity contribution in [1.29, 1.82) is 0 Å². The van der Waals surface area contributed by atoms with Gasteiger partial charge in [-0.25, -0.2) is 4.79 Å². The summed E-state index contributed by atoms with van der Waals surface area (Å²) in [6, 6.07) is 12.7. The molecule has 0 N–H and O–H groups in total. The fraction of sp³-hybridized carbons (Fsp3) is 0.105. The highest BCUT2D eigenvalue weighted by Gasteiger charge is 2.27. The number of aromatic nitrogens is 2. The number of halogens is 2. The van der Waals surface area contributed by atoms with Crippen LogP contribution in [0, 0.1) is 0 Å². The SMILES string of the molecule is CCOC(=O)c1nn(-c2ccccc2Cl)c(=O)cc1OS(=O)(=O)c1ccccc1Cl. The largest absolute Gasteiger partial charge is 0.461 e. The summed E-state index contributed by atoms with van der Waals surface area (Å²) < 4.78 is 36.1. The molecule has 0 aliphatic heterocycles. The molecule has 0 bridgehead atoms. The predicted molar refractivity (Wildman–Crippen MR) is 110 cm³/mol. The zero-order valence-corrected chi connectivity index (χ0v) is 17.7. The van der Waals surface area contributed by atoms with E-state index in [1.807, 2.05) is 0 Å². The Morgan fingerprint density at radius 3 is 2.33 bits per heavy atom. The number of nitrogens with zero attached hydrogens (tertiary/aromatic N) is 2. The molecule has 0 aliphatic carbocycles. The zero-order chi connectivity index (χ0) is 21.9. The number of carbonyl (C=O) groups is 1. The van der Waals surface area contributed by atoms with Crippen LogP contribution in [0.25, 0.3) is 5.69 Å². The smallest absolute Gasteiger partial charge is 0.362 e. The minimum atomic E-state index is -4.47. The second-order valence-electron chi connectivity index (χ2n) is 5.75. The van der Waals surface area contributed by atoms with Gasteiger partial charge < -0.3 is 8.92 Å². The Kier molecular flexibility index (Phi) is 6.45. The Balaban J connectivity index is 2.16. The highest BCUT2D eigenvalue weighted by atomic mass is 35.5. The van der Waals surface area contributed by atoms with Gasteiger partial charge in [-0.2, -0.15) is 18.2 Å². The van der Waals surface area contributed by atoms with Gasteiger partial charge in [-0.15, -0.1) is 0 Å². The van der Waals surface area contributed by atoms with Crippen molar-refractivity contribution in [3.63, 3.8) is 0 Å². The highest BCUT2D eigenvalue weighted by molar-refractivity contribution is 7.87. The van der Waals surface area contributed by atoms with E-state index < -0.39 is 33.1 Å². The third-order valence-electron chi connectivity index (χ3n) is 3.75. The topological polar surface area (TPSA) is 105 Å². The lowest BCUT2D eigenvalue weighted by Gasteiger charge is -2.13. The molecule has 2 aromatic carbocycles. The summed E-state index contributed by atoms with van der Waals surface area (Å²) in [6.07, 6.45) is 0. The molecular formula is C19H14Cl2N2O6S. The summed E-state index contributed by atoms with van der Waals surface area (Å²) in [5, 5.41) is 4.05. The fourth-order valence-electron chi connectivity index (χ4n) is 2.45. The summed E-state index contributed by atoms with van der Waals surface area (Å²) in [5.74, 6) is -1.58. The normalized spacial score (nSPS) is 11.2. The van der Waals surface area contributed by atoms with Crippen LogP contribution in [0.2, 0.25) is 10.0 Å². The highest BCUT2D eigenvalue weighted by Crippen LogP contribution is 2.26. The van der Waals surface area contributed by atoms with Crippen LogP contribution < -0.4 is 9.74 Å². The second kappa shape index (κ2) is 8.86. The lowest BCUT2D eigenvalue weighted by atomic mass is 10.3. The first-order valence-electron chi connectivity index (χ1n) is 8.50. The van der Waals surface area contributed by atoms with Gasteiger partial charge in [-0.05, 0) is 31.2 Å². The zero-order valence-electron chi connectivity index (χ0n) is 15.4. The number of ether oxygens (including phenoxy) is 1. The van der Waals surface area contributed by atoms with E-state index in [-0.39, 0.29) is 27.2 Å². The molecule has 0 amide bonds. The third-order valence-corrected chi connectivity index (χ3v) is 5.81. The van der Waals surface area contributed by atoms with Crippen molar-refractivity contribution in [1.82, 2.24) is 9.78 Å². The van der Waals surface area contributed by atoms with Gasteiger partial charge in [0.2, 0.25) is 5.69 Å². The Labute approximate surface area is 181 Å². The molecule has 0 spiro atoms. The molecule has 8 nitrogen and oxygen atoms in total. The molecule has 1 aromatic heterocycles. The van der Waals surface area contributed by atoms with Crippen molar-refractivity contribution in [2.24, 2.45) is 0 Å². The van der Waals surface area contributed by atoms with E-state index in [1.165, 1.54) is 36.4 Å². The summed E-state index contributed by atoms with van der Waals surface area (Å²) in [5.41, 5.74) is -1.11. The molecule has 0 saturated carbocycles. The maximum atomic E-state index is 12.7. The first kappa shape index (κ1) is 21.8. The molecule has 0 fully saturated rings. The van der Waals surface area contributed by atoms with E-state index in [4.69, 9.17) is 32.1 Å². The minimum absolute atomic E-state index is 0.0115. The number of para-hydroxylation sites is 1. The van der Waals surface area contributed by atoms with E-state index in [2.05, 4.69) is 5.10 Å². The molecule has 30 heavy (non-hydrogen) atoms. The van der Waals surface area contributed by atoms with Crippen LogP contribution in [0.1, 0.15) is 17.4 Å². The molecule has 11 heteroatoms. The summed E-state index contributed by atoms with van der Waals surface area (Å²) in [7, 11) is -4.47. The van der Waals surface area contributed by atoms with E-state index in [1.54, 1.807) is 19.1 Å². The van der Waals surface area contributed by atoms with Crippen LogP contribution in [-0.4, -0.2) is 30.8 Å². The third kappa shape index (κ3) is 4.48. The maximum Gasteiger partial charge on any atom is 0.362 e. The van der Waals surface area contributed by atoms with Gasteiger partial charge in [0, 0.05) is 0 Å². The maximum absolute atomic E-state index is 12.7. The molecule has 3 rings (SSSR count). The quantitative estimate of drug-likeness (QED) is 0.402. The van der Waals surface area contributed by atoms with Gasteiger partial charge in [0.15, 0.2) is 5.75 Å². The lowest BCUT2D eigenvalue weighted by molar-refractivity contribution is 0.0515. The second-order valence-corrected chi connectivity index (χ2v) is 8.08. The van der Waals surface area contributed by atoms with E-state index in [9.17, 15) is 18.0 Å². The first-order valence-corrected chi connectivity index (χ1v) is 10.7. The van der Waals surface area contributed by atoms with Crippen molar-refractivity contribution < 1.29 is 22.1 Å². The number of hydrogen-bond acceptors (Lipinski definition) is 7. The van der Waals surface area contributed by atoms with Crippen molar-refractivity contribution in [2.45, 2.75) is 11.8 Å². The van der Waals surface area contributed by atoms with Crippen molar-refractivity contribution in [3.05, 3.63) is 80.7 Å². The monoisotopic (exact) mass is 468 g/mol. The van der Waals surface area contributed by atoms with Gasteiger partial charge in [0.25, 0.3) is 5.56 Å². The van der Waals surface area contributed by atoms with Gasteiger partial charge >= 0.3 is 16.1 Å². The van der Waals surface area contributed by atoms with Gasteiger partial charge in [0.1, 0.15) is 4.90 Å². The van der Waals surface area contributed by atoms with Crippen LogP contribution >= 0.6 is 23.2 Å². The standard InChI is InChI=1S/C19H14Cl2N2O6S/c1-2-28-19(25)18-15(29-30(26,27)16-10-6-4-8-13(16)21)11-17(24)23(22-18)14-9-5-3-7-12(14)20/h3-11H,2H2,1H3. The average molecular weight is 469 g/mol. The predicted octanol–water partition coefficient (Wildman–Crippen LogP) is 3.48. The molecular weight excluding hydrogens is 455 g/mol. The van der Waals surface area contributed by atoms with Crippen molar-refractivity contribution >= 4 is 39.3 Å². The Hall–Kier alpha value is -2.88. The van der Waals surface area contributed by atoms with Crippen molar-refractivity contribution in [3.8, 4) is 11.4 Å². The first-order chi connectivity index (χ1) is 14.2. The molecule has 156 valence electrons. The molecule has 0 aliphatic rings. The number of carbonyl (C=O) groups excluding carboxylic acids is 1. The number of esters is 1. The van der Waals surface area contributed by atoms with Gasteiger partial charge in [-0.1, -0.05) is 47.5 Å². The fourth-order valence-corrected chi connectivity index (χ4v) is 4.09. The van der Waals surface area contributed by atoms with Crippen LogP contribution in [0.3, 0.4) is 0 Å². The molecule has 0 radical (unpaired) electrons. The number of hydrogen-bond donors (Lipinski definition) is 0.